The van der Waals surface area contributed by atoms with Gasteiger partial charge in [0.1, 0.15) is 11.5 Å². The van der Waals surface area contributed by atoms with Crippen molar-refractivity contribution in [2.75, 3.05) is 19.5 Å². The van der Waals surface area contributed by atoms with E-state index in [-0.39, 0.29) is 5.91 Å². The summed E-state index contributed by atoms with van der Waals surface area (Å²) >= 11 is 0. The normalized spacial score (nSPS) is 10.8. The molecular formula is C20H21NO4. The van der Waals surface area contributed by atoms with Crippen LogP contribution in [0.3, 0.4) is 0 Å². The predicted molar refractivity (Wildman–Crippen MR) is 98.6 cm³/mol. The first-order valence-electron chi connectivity index (χ1n) is 7.76. The third kappa shape index (κ3) is 5.42. The third-order valence-corrected chi connectivity index (χ3v) is 3.27. The topological polar surface area (TPSA) is 56.8 Å². The average Bonchev–Trinajstić information content (AvgIpc) is 2.63. The number of hydrogen-bond acceptors (Lipinski definition) is 4. The summed E-state index contributed by atoms with van der Waals surface area (Å²) in [6.45, 7) is 1.88. The zero-order valence-corrected chi connectivity index (χ0v) is 14.5. The highest BCUT2D eigenvalue weighted by molar-refractivity contribution is 5.99. The van der Waals surface area contributed by atoms with Gasteiger partial charge in [0.2, 0.25) is 5.91 Å². The molecule has 1 N–H and O–H groups in total. The number of allylic oxidation sites excluding steroid dienone is 3. The molecule has 0 heterocycles. The molecular weight excluding hydrogens is 318 g/mol. The Bertz CT molecular complexity index is 764. The Kier molecular flexibility index (Phi) is 6.65. The minimum absolute atomic E-state index is 0.223. The Morgan fingerprint density at radius 3 is 2.28 bits per heavy atom. The predicted octanol–water partition coefficient (Wildman–Crippen LogP) is 4.57. The molecule has 5 heteroatoms. The van der Waals surface area contributed by atoms with E-state index in [0.717, 1.165) is 5.75 Å². The summed E-state index contributed by atoms with van der Waals surface area (Å²) in [5.41, 5.74) is 0.611. The standard InChI is InChI=1S/C20H21NO4/c1-4-5-6-7-20(22)21-15-8-13-18(24-3)19(14-15)25-17-11-9-16(23-2)10-12-17/h4-14H,1-3H3,(H,21,22). The highest BCUT2D eigenvalue weighted by Crippen LogP contribution is 2.34. The summed E-state index contributed by atoms with van der Waals surface area (Å²) in [6.07, 6.45) is 6.76. The van der Waals surface area contributed by atoms with Gasteiger partial charge >= 0.3 is 0 Å². The van der Waals surface area contributed by atoms with E-state index in [1.807, 2.05) is 13.0 Å². The smallest absolute Gasteiger partial charge is 0.248 e. The SMILES string of the molecule is CC=CC=CC(=O)Nc1ccc(OC)c(Oc2ccc(OC)cc2)c1. The van der Waals surface area contributed by atoms with E-state index in [9.17, 15) is 4.79 Å². The van der Waals surface area contributed by atoms with Crippen LogP contribution in [-0.2, 0) is 4.79 Å². The number of methoxy groups -OCH3 is 2. The van der Waals surface area contributed by atoms with Gasteiger partial charge in [0.25, 0.3) is 0 Å². The molecule has 130 valence electrons. The van der Waals surface area contributed by atoms with Crippen LogP contribution in [0.1, 0.15) is 6.92 Å². The molecule has 0 radical (unpaired) electrons. The second-order valence-corrected chi connectivity index (χ2v) is 5.02. The van der Waals surface area contributed by atoms with Crippen molar-refractivity contribution in [3.8, 4) is 23.0 Å². The zero-order valence-electron chi connectivity index (χ0n) is 14.5. The van der Waals surface area contributed by atoms with Crippen LogP contribution in [0.5, 0.6) is 23.0 Å². The first kappa shape index (κ1) is 18.1. The van der Waals surface area contributed by atoms with Crippen molar-refractivity contribution in [1.29, 1.82) is 0 Å². The number of rotatable bonds is 7. The number of ether oxygens (including phenoxy) is 3. The molecule has 0 fully saturated rings. The van der Waals surface area contributed by atoms with Crippen molar-refractivity contribution in [2.45, 2.75) is 6.92 Å². The quantitative estimate of drug-likeness (QED) is 0.593. The molecule has 2 aromatic rings. The number of carbonyl (C=O) groups is 1. The summed E-state index contributed by atoms with van der Waals surface area (Å²) in [5.74, 6) is 2.23. The van der Waals surface area contributed by atoms with Crippen LogP contribution in [0.4, 0.5) is 5.69 Å². The largest absolute Gasteiger partial charge is 0.497 e. The van der Waals surface area contributed by atoms with Crippen molar-refractivity contribution in [1.82, 2.24) is 0 Å². The molecule has 0 saturated heterocycles. The molecule has 25 heavy (non-hydrogen) atoms. The second kappa shape index (κ2) is 9.17. The lowest BCUT2D eigenvalue weighted by Crippen LogP contribution is -2.07. The molecule has 0 aromatic heterocycles. The van der Waals surface area contributed by atoms with Crippen LogP contribution in [-0.4, -0.2) is 20.1 Å². The van der Waals surface area contributed by atoms with E-state index >= 15 is 0 Å². The first-order chi connectivity index (χ1) is 12.2. The van der Waals surface area contributed by atoms with Crippen molar-refractivity contribution < 1.29 is 19.0 Å². The van der Waals surface area contributed by atoms with Crippen LogP contribution in [0, 0.1) is 0 Å². The van der Waals surface area contributed by atoms with Gasteiger partial charge in [-0.3, -0.25) is 4.79 Å². The van der Waals surface area contributed by atoms with E-state index in [1.165, 1.54) is 6.08 Å². The highest BCUT2D eigenvalue weighted by atomic mass is 16.5. The highest BCUT2D eigenvalue weighted by Gasteiger charge is 2.08. The lowest BCUT2D eigenvalue weighted by Gasteiger charge is -2.12. The van der Waals surface area contributed by atoms with E-state index in [2.05, 4.69) is 5.32 Å². The maximum atomic E-state index is 11.9. The van der Waals surface area contributed by atoms with Crippen LogP contribution in [0.25, 0.3) is 0 Å². The van der Waals surface area contributed by atoms with Gasteiger partial charge in [0.15, 0.2) is 11.5 Å². The Hall–Kier alpha value is -3.21. The third-order valence-electron chi connectivity index (χ3n) is 3.27. The van der Waals surface area contributed by atoms with Crippen molar-refractivity contribution in [2.24, 2.45) is 0 Å². The van der Waals surface area contributed by atoms with Crippen LogP contribution in [0.2, 0.25) is 0 Å². The van der Waals surface area contributed by atoms with Gasteiger partial charge in [-0.15, -0.1) is 0 Å². The van der Waals surface area contributed by atoms with Crippen LogP contribution >= 0.6 is 0 Å². The molecule has 0 spiro atoms. The summed E-state index contributed by atoms with van der Waals surface area (Å²) in [4.78, 5) is 11.9. The van der Waals surface area contributed by atoms with Gasteiger partial charge in [-0.05, 0) is 43.3 Å². The summed E-state index contributed by atoms with van der Waals surface area (Å²) in [6, 6.07) is 12.4. The molecule has 0 aliphatic heterocycles. The second-order valence-electron chi connectivity index (χ2n) is 5.02. The number of amides is 1. The number of benzene rings is 2. The Balaban J connectivity index is 2.16. The summed E-state index contributed by atoms with van der Waals surface area (Å²) < 4.78 is 16.3. The summed E-state index contributed by atoms with van der Waals surface area (Å²) in [7, 11) is 3.17. The number of nitrogens with one attached hydrogen (secondary N) is 1. The maximum absolute atomic E-state index is 11.9. The van der Waals surface area contributed by atoms with Crippen LogP contribution < -0.4 is 19.5 Å². The number of carbonyl (C=O) groups excluding carboxylic acids is 1. The number of anilines is 1. The molecule has 0 saturated carbocycles. The van der Waals surface area contributed by atoms with Crippen LogP contribution in [0.15, 0.2) is 66.8 Å². The zero-order chi connectivity index (χ0) is 18.1. The molecule has 0 aliphatic carbocycles. The Morgan fingerprint density at radius 1 is 0.920 bits per heavy atom. The van der Waals surface area contributed by atoms with Gasteiger partial charge in [-0.25, -0.2) is 0 Å². The van der Waals surface area contributed by atoms with Crippen molar-refractivity contribution in [3.05, 3.63) is 66.8 Å². The number of hydrogen-bond donors (Lipinski definition) is 1. The average molecular weight is 339 g/mol. The Morgan fingerprint density at radius 2 is 1.64 bits per heavy atom. The fourth-order valence-corrected chi connectivity index (χ4v) is 2.04. The Labute approximate surface area is 147 Å². The molecule has 1 amide bonds. The molecule has 0 atom stereocenters. The molecule has 0 bridgehead atoms. The van der Waals surface area contributed by atoms with E-state index in [4.69, 9.17) is 14.2 Å². The molecule has 5 nitrogen and oxygen atoms in total. The monoisotopic (exact) mass is 339 g/mol. The maximum Gasteiger partial charge on any atom is 0.248 e. The fraction of sp³-hybridized carbons (Fsp3) is 0.150. The van der Waals surface area contributed by atoms with E-state index < -0.39 is 0 Å². The molecule has 2 aromatic carbocycles. The van der Waals surface area contributed by atoms with Gasteiger partial charge < -0.3 is 19.5 Å². The van der Waals surface area contributed by atoms with Gasteiger partial charge in [-0.2, -0.15) is 0 Å². The van der Waals surface area contributed by atoms with E-state index in [1.54, 1.807) is 68.8 Å². The van der Waals surface area contributed by atoms with Crippen molar-refractivity contribution in [3.63, 3.8) is 0 Å². The fourth-order valence-electron chi connectivity index (χ4n) is 2.04. The van der Waals surface area contributed by atoms with Crippen molar-refractivity contribution >= 4 is 11.6 Å². The van der Waals surface area contributed by atoms with Gasteiger partial charge in [-0.1, -0.05) is 18.2 Å². The lowest BCUT2D eigenvalue weighted by molar-refractivity contribution is -0.111. The minimum Gasteiger partial charge on any atom is -0.497 e. The van der Waals surface area contributed by atoms with Gasteiger partial charge in [0, 0.05) is 17.8 Å². The molecule has 2 rings (SSSR count). The van der Waals surface area contributed by atoms with E-state index in [0.29, 0.717) is 22.9 Å². The summed E-state index contributed by atoms with van der Waals surface area (Å²) in [5, 5.41) is 2.78. The first-order valence-corrected chi connectivity index (χ1v) is 7.76. The van der Waals surface area contributed by atoms with Gasteiger partial charge in [0.05, 0.1) is 14.2 Å². The molecule has 0 aliphatic rings. The lowest BCUT2D eigenvalue weighted by atomic mass is 10.2. The minimum atomic E-state index is -0.223. The molecule has 0 unspecified atom stereocenters.